The van der Waals surface area contributed by atoms with E-state index in [2.05, 4.69) is 13.8 Å². The molecule has 4 saturated carbocycles. The second-order valence-corrected chi connectivity index (χ2v) is 13.7. The molecule has 0 unspecified atom stereocenters. The predicted molar refractivity (Wildman–Crippen MR) is 144 cm³/mol. The number of aliphatic hydroxyl groups is 1. The molecule has 6 rings (SSSR count). The Morgan fingerprint density at radius 2 is 1.95 bits per heavy atom. The summed E-state index contributed by atoms with van der Waals surface area (Å²) >= 11 is 1.60. The van der Waals surface area contributed by atoms with Gasteiger partial charge in [0.25, 0.3) is 0 Å². The lowest BCUT2D eigenvalue weighted by atomic mass is 9.44. The highest BCUT2D eigenvalue weighted by atomic mass is 32.2. The molecular formula is C29H43NO6S. The first-order valence-corrected chi connectivity index (χ1v) is 15.4. The van der Waals surface area contributed by atoms with Gasteiger partial charge in [0.05, 0.1) is 18.5 Å². The molecule has 1 saturated heterocycles. The summed E-state index contributed by atoms with van der Waals surface area (Å²) in [7, 11) is 0. The van der Waals surface area contributed by atoms with Gasteiger partial charge in [-0.25, -0.2) is 4.79 Å². The molecule has 4 aliphatic carbocycles. The molecule has 0 amide bonds. The van der Waals surface area contributed by atoms with E-state index in [1.165, 1.54) is 37.7 Å². The highest BCUT2D eigenvalue weighted by molar-refractivity contribution is 7.98. The third-order valence-corrected chi connectivity index (χ3v) is 11.8. The van der Waals surface area contributed by atoms with E-state index in [0.29, 0.717) is 35.7 Å². The van der Waals surface area contributed by atoms with Crippen LogP contribution in [0.5, 0.6) is 0 Å². The summed E-state index contributed by atoms with van der Waals surface area (Å²) in [6, 6.07) is 2.87. The van der Waals surface area contributed by atoms with E-state index in [1.807, 2.05) is 12.3 Å². The third kappa shape index (κ3) is 4.40. The van der Waals surface area contributed by atoms with Gasteiger partial charge in [0.2, 0.25) is 0 Å². The molecule has 1 aromatic rings. The lowest BCUT2D eigenvalue weighted by molar-refractivity contribution is -0.139. The molecule has 10 atom stereocenters. The number of carbonyl (C=O) groups is 1. The molecule has 7 nitrogen and oxygen atoms in total. The standard InChI is InChI=1S/C24H32O4.C5H11NO2S/c1-22-9-7-16(25)11-15(22)4-5-18-17(22)8-10-23(2)19(12-20-24(18,23)28-20)14-3-6-21(26)27-13-14;1-9-3-2-4(6)5(7)8/h3,6,13,15-20,25H,4-5,7-12H2,1-2H3;4H,2-3,6H2,1H3,(H,7,8)/t15-,16+,17+,18-,19-,20-,22+,23-,24-;4-/m10/s1. The quantitative estimate of drug-likeness (QED) is 0.475. The molecular weight excluding hydrogens is 490 g/mol. The van der Waals surface area contributed by atoms with Crippen LogP contribution in [0.25, 0.3) is 0 Å². The van der Waals surface area contributed by atoms with Gasteiger partial charge in [-0.1, -0.05) is 13.8 Å². The molecule has 0 radical (unpaired) electrons. The summed E-state index contributed by atoms with van der Waals surface area (Å²) in [4.78, 5) is 21.5. The molecule has 1 aliphatic heterocycles. The van der Waals surface area contributed by atoms with Crippen LogP contribution < -0.4 is 11.4 Å². The average molecular weight is 534 g/mol. The molecule has 206 valence electrons. The Balaban J connectivity index is 0.000000270. The molecule has 2 heterocycles. The minimum Gasteiger partial charge on any atom is -0.480 e. The molecule has 5 fully saturated rings. The number of hydrogen-bond acceptors (Lipinski definition) is 7. The van der Waals surface area contributed by atoms with Crippen LogP contribution in [0.1, 0.15) is 83.1 Å². The zero-order valence-corrected chi connectivity index (χ0v) is 23.2. The van der Waals surface area contributed by atoms with Gasteiger partial charge in [0.15, 0.2) is 0 Å². The van der Waals surface area contributed by atoms with Crippen molar-refractivity contribution in [1.29, 1.82) is 0 Å². The van der Waals surface area contributed by atoms with Crippen molar-refractivity contribution in [2.24, 2.45) is 34.3 Å². The van der Waals surface area contributed by atoms with Crippen LogP contribution >= 0.6 is 11.8 Å². The summed E-state index contributed by atoms with van der Waals surface area (Å²) in [5, 5.41) is 18.5. The number of rotatable bonds is 5. The molecule has 5 aliphatic rings. The molecule has 37 heavy (non-hydrogen) atoms. The second-order valence-electron chi connectivity index (χ2n) is 12.7. The lowest BCUT2D eigenvalue weighted by Gasteiger charge is -2.61. The number of fused-ring (bicyclic) bond motifs is 3. The number of carboxylic acid groups (broad SMARTS) is 1. The highest BCUT2D eigenvalue weighted by Crippen LogP contribution is 2.77. The van der Waals surface area contributed by atoms with Crippen molar-refractivity contribution in [1.82, 2.24) is 0 Å². The highest BCUT2D eigenvalue weighted by Gasteiger charge is 2.80. The van der Waals surface area contributed by atoms with Crippen LogP contribution in [0.15, 0.2) is 27.6 Å². The molecule has 0 aromatic carbocycles. The van der Waals surface area contributed by atoms with Crippen molar-refractivity contribution in [2.45, 2.75) is 101 Å². The maximum absolute atomic E-state index is 11.4. The Morgan fingerprint density at radius 3 is 2.62 bits per heavy atom. The Labute approximate surface area is 223 Å². The van der Waals surface area contributed by atoms with Crippen LogP contribution in [0.3, 0.4) is 0 Å². The number of epoxide rings is 1. The van der Waals surface area contributed by atoms with Gasteiger partial charge in [0, 0.05) is 11.5 Å². The fraction of sp³-hybridized carbons (Fsp3) is 0.793. The maximum atomic E-state index is 11.4. The summed E-state index contributed by atoms with van der Waals surface area (Å²) in [5.41, 5.74) is 6.63. The topological polar surface area (TPSA) is 126 Å². The van der Waals surface area contributed by atoms with Gasteiger partial charge in [-0.05, 0) is 111 Å². The first-order chi connectivity index (χ1) is 17.6. The zero-order valence-electron chi connectivity index (χ0n) is 22.4. The van der Waals surface area contributed by atoms with E-state index in [-0.39, 0.29) is 22.7 Å². The largest absolute Gasteiger partial charge is 0.480 e. The molecule has 0 bridgehead atoms. The van der Waals surface area contributed by atoms with Gasteiger partial charge in [-0.3, -0.25) is 4.79 Å². The summed E-state index contributed by atoms with van der Waals surface area (Å²) in [6.45, 7) is 4.97. The Hall–Kier alpha value is -1.35. The van der Waals surface area contributed by atoms with Gasteiger partial charge in [-0.2, -0.15) is 11.8 Å². The van der Waals surface area contributed by atoms with E-state index >= 15 is 0 Å². The SMILES string of the molecule is CSCC[C@H](N)C(=O)O.C[C@]12CC[C@H](O)C[C@H]1CC[C@@H]1[C@@H]2CC[C@]2(C)[C@@H](c3ccc(=O)oc3)C[C@H]3O[C@]132. The minimum atomic E-state index is -0.913. The molecule has 1 spiro atoms. The second kappa shape index (κ2) is 10.00. The van der Waals surface area contributed by atoms with Gasteiger partial charge < -0.3 is 25.1 Å². The van der Waals surface area contributed by atoms with Gasteiger partial charge >= 0.3 is 11.6 Å². The van der Waals surface area contributed by atoms with Crippen molar-refractivity contribution >= 4 is 17.7 Å². The van der Waals surface area contributed by atoms with Crippen molar-refractivity contribution in [3.05, 3.63) is 34.4 Å². The van der Waals surface area contributed by atoms with Gasteiger partial charge in [0.1, 0.15) is 11.6 Å². The fourth-order valence-electron chi connectivity index (χ4n) is 9.11. The number of carboxylic acids is 1. The number of ether oxygens (including phenoxy) is 1. The first kappa shape index (κ1) is 27.2. The summed E-state index contributed by atoms with van der Waals surface area (Å²) < 4.78 is 11.8. The number of aliphatic carboxylic acids is 1. The van der Waals surface area contributed by atoms with Crippen LogP contribution in [0.2, 0.25) is 0 Å². The number of nitrogens with two attached hydrogens (primary N) is 1. The Morgan fingerprint density at radius 1 is 1.16 bits per heavy atom. The van der Waals surface area contributed by atoms with Crippen LogP contribution in [-0.4, -0.2) is 52.0 Å². The lowest BCUT2D eigenvalue weighted by Crippen LogP contribution is -2.58. The van der Waals surface area contributed by atoms with Crippen LogP contribution in [0, 0.1) is 28.6 Å². The summed E-state index contributed by atoms with van der Waals surface area (Å²) in [5.74, 6) is 2.38. The van der Waals surface area contributed by atoms with E-state index in [9.17, 15) is 14.7 Å². The van der Waals surface area contributed by atoms with Crippen molar-refractivity contribution < 1.29 is 24.2 Å². The van der Waals surface area contributed by atoms with Crippen LogP contribution in [0.4, 0.5) is 0 Å². The van der Waals surface area contributed by atoms with E-state index in [4.69, 9.17) is 20.0 Å². The minimum absolute atomic E-state index is 0.0285. The predicted octanol–water partition coefficient (Wildman–Crippen LogP) is 4.41. The first-order valence-electron chi connectivity index (χ1n) is 14.0. The smallest absolute Gasteiger partial charge is 0.335 e. The molecule has 8 heteroatoms. The third-order valence-electron chi connectivity index (χ3n) is 11.1. The number of hydrogen-bond donors (Lipinski definition) is 3. The monoisotopic (exact) mass is 533 g/mol. The maximum Gasteiger partial charge on any atom is 0.335 e. The van der Waals surface area contributed by atoms with E-state index < -0.39 is 12.0 Å². The van der Waals surface area contributed by atoms with Gasteiger partial charge in [-0.15, -0.1) is 0 Å². The number of thioether (sulfide) groups is 1. The van der Waals surface area contributed by atoms with Crippen LogP contribution in [-0.2, 0) is 9.53 Å². The van der Waals surface area contributed by atoms with Crippen molar-refractivity contribution in [2.75, 3.05) is 12.0 Å². The van der Waals surface area contributed by atoms with E-state index in [1.54, 1.807) is 24.1 Å². The molecule has 1 aromatic heterocycles. The molecule has 4 N–H and O–H groups in total. The van der Waals surface area contributed by atoms with Crippen molar-refractivity contribution in [3.8, 4) is 0 Å². The fourth-order valence-corrected chi connectivity index (χ4v) is 9.60. The normalized spacial score (nSPS) is 44.2. The summed E-state index contributed by atoms with van der Waals surface area (Å²) in [6.07, 6.45) is 13.6. The van der Waals surface area contributed by atoms with Crippen molar-refractivity contribution in [3.63, 3.8) is 0 Å². The zero-order chi connectivity index (χ0) is 26.6. The average Bonchev–Trinajstić information content (AvgIpc) is 3.53. The van der Waals surface area contributed by atoms with E-state index in [0.717, 1.165) is 30.9 Å². The Kier molecular flexibility index (Phi) is 7.36. The number of aliphatic hydroxyl groups excluding tert-OH is 1. The Bertz CT molecular complexity index is 1040.